The SMILES string of the molecule is CC=CC(=CC)CN(C)CCOCC. The second-order valence-corrected chi connectivity index (χ2v) is 3.30. The van der Waals surface area contributed by atoms with Crippen molar-refractivity contribution < 1.29 is 4.74 Å². The molecule has 0 bridgehead atoms. The Hall–Kier alpha value is -0.600. The summed E-state index contributed by atoms with van der Waals surface area (Å²) < 4.78 is 5.30. The summed E-state index contributed by atoms with van der Waals surface area (Å²) in [5.41, 5.74) is 1.35. The maximum Gasteiger partial charge on any atom is 0.0593 e. The molecule has 0 aromatic carbocycles. The molecule has 0 fully saturated rings. The molecule has 0 spiro atoms. The van der Waals surface area contributed by atoms with Crippen LogP contribution in [-0.4, -0.2) is 38.3 Å². The second kappa shape index (κ2) is 8.97. The molecule has 2 heteroatoms. The summed E-state index contributed by atoms with van der Waals surface area (Å²) in [4.78, 5) is 2.27. The van der Waals surface area contributed by atoms with Crippen molar-refractivity contribution in [2.24, 2.45) is 0 Å². The van der Waals surface area contributed by atoms with Gasteiger partial charge in [0.25, 0.3) is 0 Å². The highest BCUT2D eigenvalue weighted by molar-refractivity contribution is 5.18. The number of rotatable bonds is 7. The number of allylic oxidation sites excluding steroid dienone is 2. The van der Waals surface area contributed by atoms with Crippen LogP contribution in [0, 0.1) is 0 Å². The van der Waals surface area contributed by atoms with Gasteiger partial charge in [0.15, 0.2) is 0 Å². The molecule has 0 radical (unpaired) electrons. The van der Waals surface area contributed by atoms with Gasteiger partial charge in [-0.1, -0.05) is 18.2 Å². The summed E-state index contributed by atoms with van der Waals surface area (Å²) in [5.74, 6) is 0. The van der Waals surface area contributed by atoms with E-state index >= 15 is 0 Å². The van der Waals surface area contributed by atoms with Crippen molar-refractivity contribution in [1.29, 1.82) is 0 Å². The molecule has 0 N–H and O–H groups in total. The predicted octanol–water partition coefficient (Wildman–Crippen LogP) is 2.48. The standard InChI is InChI=1S/C12H23NO/c1-5-8-12(6-2)11-13(4)9-10-14-7-3/h5-6,8H,7,9-11H2,1-4H3. The van der Waals surface area contributed by atoms with Crippen LogP contribution in [0.25, 0.3) is 0 Å². The predicted molar refractivity (Wildman–Crippen MR) is 62.6 cm³/mol. The minimum atomic E-state index is 0.805. The number of nitrogens with zero attached hydrogens (tertiary/aromatic N) is 1. The van der Waals surface area contributed by atoms with E-state index in [9.17, 15) is 0 Å². The van der Waals surface area contributed by atoms with Crippen molar-refractivity contribution in [2.45, 2.75) is 20.8 Å². The van der Waals surface area contributed by atoms with E-state index in [4.69, 9.17) is 4.74 Å². The van der Waals surface area contributed by atoms with Crippen LogP contribution >= 0.6 is 0 Å². The Labute approximate surface area is 88.2 Å². The average molecular weight is 197 g/mol. The van der Waals surface area contributed by atoms with Gasteiger partial charge in [0.1, 0.15) is 0 Å². The number of ether oxygens (including phenoxy) is 1. The molecule has 0 saturated carbocycles. The number of likely N-dealkylation sites (N-methyl/N-ethyl adjacent to an activating group) is 1. The Morgan fingerprint density at radius 3 is 2.57 bits per heavy atom. The maximum absolute atomic E-state index is 5.30. The molecule has 0 aromatic heterocycles. The summed E-state index contributed by atoms with van der Waals surface area (Å²) >= 11 is 0. The van der Waals surface area contributed by atoms with Crippen LogP contribution < -0.4 is 0 Å². The normalized spacial score (nSPS) is 13.1. The third-order valence-electron chi connectivity index (χ3n) is 2.03. The quantitative estimate of drug-likeness (QED) is 0.459. The van der Waals surface area contributed by atoms with Crippen LogP contribution in [0.3, 0.4) is 0 Å². The molecule has 82 valence electrons. The molecule has 0 atom stereocenters. The van der Waals surface area contributed by atoms with Crippen LogP contribution in [-0.2, 0) is 4.74 Å². The molecular weight excluding hydrogens is 174 g/mol. The first-order chi connectivity index (χ1) is 6.74. The largest absolute Gasteiger partial charge is 0.380 e. The fourth-order valence-corrected chi connectivity index (χ4v) is 1.21. The van der Waals surface area contributed by atoms with E-state index in [1.54, 1.807) is 0 Å². The first kappa shape index (κ1) is 13.4. The van der Waals surface area contributed by atoms with E-state index in [0.717, 1.165) is 26.3 Å². The van der Waals surface area contributed by atoms with Crippen LogP contribution in [0.15, 0.2) is 23.8 Å². The summed E-state index contributed by atoms with van der Waals surface area (Å²) in [7, 11) is 2.12. The van der Waals surface area contributed by atoms with Gasteiger partial charge >= 0.3 is 0 Å². The maximum atomic E-state index is 5.30. The molecule has 0 aromatic rings. The van der Waals surface area contributed by atoms with Crippen molar-refractivity contribution in [2.75, 3.05) is 33.4 Å². The van der Waals surface area contributed by atoms with Gasteiger partial charge in [-0.25, -0.2) is 0 Å². The van der Waals surface area contributed by atoms with Gasteiger partial charge in [0.05, 0.1) is 6.61 Å². The van der Waals surface area contributed by atoms with Gasteiger partial charge < -0.3 is 4.74 Å². The van der Waals surface area contributed by atoms with Gasteiger partial charge in [-0.2, -0.15) is 0 Å². The van der Waals surface area contributed by atoms with Crippen molar-refractivity contribution in [3.8, 4) is 0 Å². The minimum Gasteiger partial charge on any atom is -0.380 e. The molecule has 0 heterocycles. The van der Waals surface area contributed by atoms with Crippen LogP contribution in [0.4, 0.5) is 0 Å². The smallest absolute Gasteiger partial charge is 0.0593 e. The molecule has 0 rings (SSSR count). The zero-order valence-corrected chi connectivity index (χ0v) is 9.92. The lowest BCUT2D eigenvalue weighted by molar-refractivity contribution is 0.125. The molecule has 14 heavy (non-hydrogen) atoms. The Balaban J connectivity index is 3.74. The highest BCUT2D eigenvalue weighted by atomic mass is 16.5. The highest BCUT2D eigenvalue weighted by Crippen LogP contribution is 1.99. The monoisotopic (exact) mass is 197 g/mol. The average Bonchev–Trinajstić information content (AvgIpc) is 2.17. The van der Waals surface area contributed by atoms with Crippen molar-refractivity contribution in [3.63, 3.8) is 0 Å². The summed E-state index contributed by atoms with van der Waals surface area (Å²) in [6, 6.07) is 0. The lowest BCUT2D eigenvalue weighted by atomic mass is 10.2. The van der Waals surface area contributed by atoms with Crippen molar-refractivity contribution in [1.82, 2.24) is 4.90 Å². The molecular formula is C12H23NO. The lowest BCUT2D eigenvalue weighted by Gasteiger charge is -2.16. The Morgan fingerprint density at radius 1 is 1.36 bits per heavy atom. The van der Waals surface area contributed by atoms with Gasteiger partial charge in [0, 0.05) is 19.7 Å². The highest BCUT2D eigenvalue weighted by Gasteiger charge is 1.99. The number of hydrogen-bond acceptors (Lipinski definition) is 2. The van der Waals surface area contributed by atoms with Crippen molar-refractivity contribution in [3.05, 3.63) is 23.8 Å². The summed E-state index contributed by atoms with van der Waals surface area (Å²) in [6.45, 7) is 9.75. The number of hydrogen-bond donors (Lipinski definition) is 0. The van der Waals surface area contributed by atoms with E-state index in [-0.39, 0.29) is 0 Å². The lowest BCUT2D eigenvalue weighted by Crippen LogP contribution is -2.25. The molecule has 0 amide bonds. The molecule has 0 unspecified atom stereocenters. The summed E-state index contributed by atoms with van der Waals surface area (Å²) in [5, 5.41) is 0. The first-order valence-electron chi connectivity index (χ1n) is 5.28. The summed E-state index contributed by atoms with van der Waals surface area (Å²) in [6.07, 6.45) is 6.38. The van der Waals surface area contributed by atoms with Gasteiger partial charge in [-0.15, -0.1) is 0 Å². The van der Waals surface area contributed by atoms with E-state index in [2.05, 4.69) is 37.1 Å². The molecule has 0 aliphatic carbocycles. The van der Waals surface area contributed by atoms with Crippen molar-refractivity contribution >= 4 is 0 Å². The molecule has 0 aliphatic heterocycles. The zero-order chi connectivity index (χ0) is 10.8. The van der Waals surface area contributed by atoms with E-state index in [1.165, 1.54) is 5.57 Å². The Bertz CT molecular complexity index is 185. The van der Waals surface area contributed by atoms with Crippen LogP contribution in [0.2, 0.25) is 0 Å². The zero-order valence-electron chi connectivity index (χ0n) is 9.92. The van der Waals surface area contributed by atoms with Crippen LogP contribution in [0.5, 0.6) is 0 Å². The van der Waals surface area contributed by atoms with Gasteiger partial charge in [-0.3, -0.25) is 4.90 Å². The third-order valence-corrected chi connectivity index (χ3v) is 2.03. The van der Waals surface area contributed by atoms with E-state index < -0.39 is 0 Å². The van der Waals surface area contributed by atoms with Gasteiger partial charge in [0.2, 0.25) is 0 Å². The van der Waals surface area contributed by atoms with Gasteiger partial charge in [-0.05, 0) is 33.4 Å². The fourth-order valence-electron chi connectivity index (χ4n) is 1.21. The topological polar surface area (TPSA) is 12.5 Å². The van der Waals surface area contributed by atoms with E-state index in [0.29, 0.717) is 0 Å². The van der Waals surface area contributed by atoms with E-state index in [1.807, 2.05) is 13.8 Å². The molecule has 0 aliphatic rings. The molecule has 2 nitrogen and oxygen atoms in total. The minimum absolute atomic E-state index is 0.805. The first-order valence-corrected chi connectivity index (χ1v) is 5.28. The second-order valence-electron chi connectivity index (χ2n) is 3.30. The Kier molecular flexibility index (Phi) is 8.59. The molecule has 0 saturated heterocycles. The van der Waals surface area contributed by atoms with Crippen LogP contribution in [0.1, 0.15) is 20.8 Å². The fraction of sp³-hybridized carbons (Fsp3) is 0.667. The Morgan fingerprint density at radius 2 is 2.07 bits per heavy atom. The third kappa shape index (κ3) is 6.87.